The zero-order valence-electron chi connectivity index (χ0n) is 20.8. The number of benzene rings is 4. The number of para-hydroxylation sites is 1. The van der Waals surface area contributed by atoms with E-state index in [1.807, 2.05) is 48.7 Å². The fourth-order valence-corrected chi connectivity index (χ4v) is 5.35. The summed E-state index contributed by atoms with van der Waals surface area (Å²) in [7, 11) is 0. The molecule has 6 aromatic rings. The molecule has 0 atom stereocenters. The molecule has 4 aromatic carbocycles. The third-order valence-electron chi connectivity index (χ3n) is 7.10. The minimum absolute atomic E-state index is 0.313. The topological polar surface area (TPSA) is 101 Å². The number of fused-ring (bicyclic) bond motifs is 4. The summed E-state index contributed by atoms with van der Waals surface area (Å²) in [5.74, 6) is -0.146. The number of imidazole rings is 1. The number of rotatable bonds is 6. The van der Waals surface area contributed by atoms with Crippen molar-refractivity contribution >= 4 is 50.6 Å². The molecule has 39 heavy (non-hydrogen) atoms. The molecule has 3 heterocycles. The molecule has 2 aromatic heterocycles. The quantitative estimate of drug-likeness (QED) is 0.242. The molecule has 0 spiro atoms. The lowest BCUT2D eigenvalue weighted by atomic mass is 10.1. The molecule has 0 radical (unpaired) electrons. The Morgan fingerprint density at radius 3 is 2.74 bits per heavy atom. The number of aromatic nitrogens is 3. The summed E-state index contributed by atoms with van der Waals surface area (Å²) < 4.78 is 16.0. The molecule has 0 fully saturated rings. The fourth-order valence-electron chi connectivity index (χ4n) is 5.35. The van der Waals surface area contributed by atoms with Crippen LogP contribution in [0.4, 0.5) is 10.1 Å². The number of carbonyl (C=O) groups excluding carboxylic acids is 1. The Bertz CT molecular complexity index is 2000. The van der Waals surface area contributed by atoms with E-state index >= 15 is 0 Å². The van der Waals surface area contributed by atoms with Gasteiger partial charge in [-0.1, -0.05) is 36.4 Å². The van der Waals surface area contributed by atoms with Gasteiger partial charge >= 0.3 is 0 Å². The average molecular weight is 515 g/mol. The second-order valence-electron chi connectivity index (χ2n) is 9.49. The fraction of sp³-hybridized carbons (Fsp3) is 0.0645. The first-order valence-corrected chi connectivity index (χ1v) is 12.6. The Morgan fingerprint density at radius 2 is 1.90 bits per heavy atom. The van der Waals surface area contributed by atoms with Gasteiger partial charge in [-0.3, -0.25) is 9.79 Å². The molecule has 1 aliphatic heterocycles. The van der Waals surface area contributed by atoms with Crippen molar-refractivity contribution in [2.75, 3.05) is 11.9 Å². The van der Waals surface area contributed by atoms with Crippen molar-refractivity contribution in [3.05, 3.63) is 102 Å². The van der Waals surface area contributed by atoms with Crippen LogP contribution in [-0.2, 0) is 0 Å². The van der Waals surface area contributed by atoms with Crippen LogP contribution in [0.1, 0.15) is 16.8 Å². The van der Waals surface area contributed by atoms with E-state index in [2.05, 4.69) is 38.1 Å². The van der Waals surface area contributed by atoms with E-state index in [1.54, 1.807) is 12.1 Å². The van der Waals surface area contributed by atoms with Crippen molar-refractivity contribution in [3.63, 3.8) is 0 Å². The highest BCUT2D eigenvalue weighted by Crippen LogP contribution is 2.38. The van der Waals surface area contributed by atoms with E-state index in [0.29, 0.717) is 34.7 Å². The molecule has 8 heteroatoms. The van der Waals surface area contributed by atoms with E-state index in [9.17, 15) is 9.18 Å². The van der Waals surface area contributed by atoms with E-state index in [4.69, 9.17) is 10.7 Å². The molecule has 0 saturated carbocycles. The maximum Gasteiger partial charge on any atom is 0.250 e. The van der Waals surface area contributed by atoms with Crippen LogP contribution in [-0.4, -0.2) is 33.2 Å². The van der Waals surface area contributed by atoms with Crippen LogP contribution >= 0.6 is 0 Å². The lowest BCUT2D eigenvalue weighted by Crippen LogP contribution is -2.15. The molecule has 190 valence electrons. The van der Waals surface area contributed by atoms with Gasteiger partial charge in [0.25, 0.3) is 5.91 Å². The van der Waals surface area contributed by atoms with Crippen molar-refractivity contribution in [3.8, 4) is 17.1 Å². The van der Waals surface area contributed by atoms with E-state index < -0.39 is 5.91 Å². The first-order valence-electron chi connectivity index (χ1n) is 12.6. The SMILES string of the molecule is NC(=O)c1ccc(-n2c3ccccc3c3c(-c4nc5ccc(F)cc5[nH]4)cccc32)cc1NCC1=CCC=N1. The Hall–Kier alpha value is -5.24. The largest absolute Gasteiger partial charge is 0.379 e. The van der Waals surface area contributed by atoms with Crippen molar-refractivity contribution < 1.29 is 9.18 Å². The van der Waals surface area contributed by atoms with Crippen LogP contribution in [0.15, 0.2) is 95.6 Å². The zero-order valence-corrected chi connectivity index (χ0v) is 20.8. The number of allylic oxidation sites excluding steroid dienone is 1. The Kier molecular flexibility index (Phi) is 5.26. The summed E-state index contributed by atoms with van der Waals surface area (Å²) in [6.07, 6.45) is 4.71. The number of aromatic amines is 1. The predicted molar refractivity (Wildman–Crippen MR) is 154 cm³/mol. The van der Waals surface area contributed by atoms with E-state index in [1.165, 1.54) is 12.1 Å². The van der Waals surface area contributed by atoms with Gasteiger partial charge in [-0.25, -0.2) is 9.37 Å². The normalized spacial score (nSPS) is 13.0. The van der Waals surface area contributed by atoms with Gasteiger partial charge in [-0.15, -0.1) is 0 Å². The molecule has 0 unspecified atom stereocenters. The molecule has 1 amide bonds. The van der Waals surface area contributed by atoms with Crippen LogP contribution in [0.25, 0.3) is 49.9 Å². The number of nitrogens with one attached hydrogen (secondary N) is 2. The number of hydrogen-bond donors (Lipinski definition) is 3. The molecule has 4 N–H and O–H groups in total. The van der Waals surface area contributed by atoms with Crippen LogP contribution < -0.4 is 11.1 Å². The summed E-state index contributed by atoms with van der Waals surface area (Å²) in [4.78, 5) is 24.6. The minimum atomic E-state index is -0.501. The lowest BCUT2D eigenvalue weighted by molar-refractivity contribution is 0.100. The van der Waals surface area contributed by atoms with Gasteiger partial charge in [0.1, 0.15) is 11.6 Å². The smallest absolute Gasteiger partial charge is 0.250 e. The summed E-state index contributed by atoms with van der Waals surface area (Å²) in [5, 5.41) is 5.42. The van der Waals surface area contributed by atoms with Crippen molar-refractivity contribution in [1.82, 2.24) is 14.5 Å². The number of halogens is 1. The molecule has 0 saturated heterocycles. The first kappa shape index (κ1) is 22.9. The lowest BCUT2D eigenvalue weighted by Gasteiger charge is -2.14. The number of carbonyl (C=O) groups is 1. The number of aliphatic imine (C=N–C) groups is 1. The zero-order chi connectivity index (χ0) is 26.5. The van der Waals surface area contributed by atoms with E-state index in [0.717, 1.165) is 45.2 Å². The second-order valence-corrected chi connectivity index (χ2v) is 9.49. The van der Waals surface area contributed by atoms with Crippen molar-refractivity contribution in [2.45, 2.75) is 6.42 Å². The van der Waals surface area contributed by atoms with Crippen molar-refractivity contribution in [1.29, 1.82) is 0 Å². The number of primary amides is 1. The van der Waals surface area contributed by atoms with Crippen molar-refractivity contribution in [2.24, 2.45) is 10.7 Å². The first-order chi connectivity index (χ1) is 19.1. The maximum atomic E-state index is 13.9. The summed E-state index contributed by atoms with van der Waals surface area (Å²) in [6, 6.07) is 24.4. The number of anilines is 1. The number of H-pyrrole nitrogens is 1. The van der Waals surface area contributed by atoms with E-state index in [-0.39, 0.29) is 5.82 Å². The molecule has 7 rings (SSSR count). The summed E-state index contributed by atoms with van der Waals surface area (Å²) >= 11 is 0. The average Bonchev–Trinajstić information content (AvgIpc) is 3.68. The highest BCUT2D eigenvalue weighted by molar-refractivity contribution is 6.15. The number of hydrogen-bond acceptors (Lipinski definition) is 4. The van der Waals surface area contributed by atoms with Gasteiger partial charge in [-0.2, -0.15) is 0 Å². The monoisotopic (exact) mass is 514 g/mol. The summed E-state index contributed by atoms with van der Waals surface area (Å²) in [5.41, 5.74) is 12.8. The molecular formula is C31H23FN6O. The van der Waals surface area contributed by atoms with Crippen LogP contribution in [0.2, 0.25) is 0 Å². The number of nitrogens with two attached hydrogens (primary N) is 1. The Morgan fingerprint density at radius 1 is 1.03 bits per heavy atom. The summed E-state index contributed by atoms with van der Waals surface area (Å²) in [6.45, 7) is 0.490. The molecule has 0 bridgehead atoms. The Balaban J connectivity index is 1.43. The number of amides is 1. The second kappa shape index (κ2) is 8.95. The number of nitrogens with zero attached hydrogens (tertiary/aromatic N) is 3. The Labute approximate surface area is 222 Å². The third-order valence-corrected chi connectivity index (χ3v) is 7.10. The van der Waals surface area contributed by atoms with Crippen LogP contribution in [0.3, 0.4) is 0 Å². The van der Waals surface area contributed by atoms with Gasteiger partial charge in [0.2, 0.25) is 0 Å². The molecule has 0 aliphatic carbocycles. The van der Waals surface area contributed by atoms with Gasteiger partial charge in [0, 0.05) is 40.3 Å². The predicted octanol–water partition coefficient (Wildman–Crippen LogP) is 6.34. The van der Waals surface area contributed by atoms with Gasteiger partial charge in [0.05, 0.1) is 39.9 Å². The molecule has 7 nitrogen and oxygen atoms in total. The third kappa shape index (κ3) is 3.85. The van der Waals surface area contributed by atoms with Gasteiger partial charge < -0.3 is 20.6 Å². The molecule has 1 aliphatic rings. The minimum Gasteiger partial charge on any atom is -0.379 e. The van der Waals surface area contributed by atoms with Gasteiger partial charge in [0.15, 0.2) is 0 Å². The maximum absolute atomic E-state index is 13.9. The highest BCUT2D eigenvalue weighted by Gasteiger charge is 2.19. The van der Waals surface area contributed by atoms with Crippen LogP contribution in [0.5, 0.6) is 0 Å². The standard InChI is InChI=1S/C31H23FN6O/c32-18-10-13-24-26(15-18)37-31(36-24)23-7-3-9-28-29(23)22-6-1-2-8-27(22)38(28)20-11-12-21(30(33)39)25(16-20)35-17-19-5-4-14-34-19/h1-3,5-16,35H,4,17H2,(H2,33,39)(H,36,37). The van der Waals surface area contributed by atoms with Crippen LogP contribution in [0, 0.1) is 5.82 Å². The van der Waals surface area contributed by atoms with Gasteiger partial charge in [-0.05, 0) is 48.5 Å². The molecular weight excluding hydrogens is 491 g/mol. The highest BCUT2D eigenvalue weighted by atomic mass is 19.1.